The van der Waals surface area contributed by atoms with Gasteiger partial charge in [-0.15, -0.1) is 0 Å². The maximum absolute atomic E-state index is 13.2. The maximum atomic E-state index is 13.2. The van der Waals surface area contributed by atoms with Crippen LogP contribution in [0.3, 0.4) is 0 Å². The minimum atomic E-state index is -0.166. The van der Waals surface area contributed by atoms with E-state index < -0.39 is 0 Å². The Kier molecular flexibility index (Phi) is 6.68. The Hall–Kier alpha value is -3.98. The number of anilines is 1. The minimum Gasteiger partial charge on any atom is -0.321 e. The van der Waals surface area contributed by atoms with Crippen LogP contribution in [0.2, 0.25) is 0 Å². The summed E-state index contributed by atoms with van der Waals surface area (Å²) in [5.41, 5.74) is 6.24. The number of fused-ring (bicyclic) bond motifs is 1. The van der Waals surface area contributed by atoms with Crippen LogP contribution in [-0.4, -0.2) is 51.9 Å². The molecule has 4 heterocycles. The zero-order chi connectivity index (χ0) is 25.0. The maximum Gasteiger partial charge on any atom is 0.255 e. The quantitative estimate of drug-likeness (QED) is 0.334. The van der Waals surface area contributed by atoms with Crippen LogP contribution in [-0.2, 0) is 6.54 Å². The Morgan fingerprint density at radius 3 is 2.68 bits per heavy atom. The van der Waals surface area contributed by atoms with Crippen LogP contribution in [0.1, 0.15) is 15.9 Å². The largest absolute Gasteiger partial charge is 0.321 e. The van der Waals surface area contributed by atoms with E-state index >= 15 is 0 Å². The summed E-state index contributed by atoms with van der Waals surface area (Å²) in [6.45, 7) is 5.00. The number of nitrogens with one attached hydrogen (secondary N) is 2. The smallest absolute Gasteiger partial charge is 0.255 e. The molecule has 8 heteroatoms. The summed E-state index contributed by atoms with van der Waals surface area (Å²) in [7, 11) is 0. The number of benzene rings is 2. The fourth-order valence-corrected chi connectivity index (χ4v) is 5.48. The number of piperazine rings is 1. The normalized spacial score (nSPS) is 14.1. The lowest BCUT2D eigenvalue weighted by Gasteiger charge is -2.26. The fourth-order valence-electron chi connectivity index (χ4n) is 4.55. The Labute approximate surface area is 219 Å². The van der Waals surface area contributed by atoms with Crippen molar-refractivity contribution in [2.75, 3.05) is 31.5 Å². The molecule has 2 N–H and O–H groups in total. The van der Waals surface area contributed by atoms with Crippen molar-refractivity contribution >= 4 is 33.3 Å². The number of para-hydroxylation sites is 1. The predicted molar refractivity (Wildman–Crippen MR) is 149 cm³/mol. The molecular weight excluding hydrogens is 480 g/mol. The molecule has 0 aliphatic carbocycles. The zero-order valence-corrected chi connectivity index (χ0v) is 21.0. The minimum absolute atomic E-state index is 0.166. The first-order valence-electron chi connectivity index (χ1n) is 12.3. The van der Waals surface area contributed by atoms with Gasteiger partial charge in [-0.3, -0.25) is 14.7 Å². The van der Waals surface area contributed by atoms with Gasteiger partial charge in [-0.25, -0.2) is 9.97 Å². The number of rotatable bonds is 6. The van der Waals surface area contributed by atoms with E-state index in [2.05, 4.69) is 26.6 Å². The van der Waals surface area contributed by atoms with Crippen LogP contribution in [0.15, 0.2) is 85.3 Å². The molecule has 1 fully saturated rings. The van der Waals surface area contributed by atoms with Gasteiger partial charge in [-0.2, -0.15) is 0 Å². The third-order valence-corrected chi connectivity index (χ3v) is 7.48. The van der Waals surface area contributed by atoms with Gasteiger partial charge in [0.2, 0.25) is 0 Å². The highest BCUT2D eigenvalue weighted by Crippen LogP contribution is 2.34. The molecule has 1 aliphatic rings. The monoisotopic (exact) mass is 506 g/mol. The average Bonchev–Trinajstić information content (AvgIpc) is 3.38. The molecule has 1 aliphatic heterocycles. The van der Waals surface area contributed by atoms with E-state index in [-0.39, 0.29) is 5.91 Å². The topological polar surface area (TPSA) is 83.0 Å². The van der Waals surface area contributed by atoms with Crippen LogP contribution in [0.25, 0.3) is 32.0 Å². The predicted octanol–water partition coefficient (Wildman–Crippen LogP) is 5.08. The highest BCUT2D eigenvalue weighted by Gasteiger charge is 2.16. The van der Waals surface area contributed by atoms with E-state index in [0.717, 1.165) is 70.5 Å². The Morgan fingerprint density at radius 1 is 0.973 bits per heavy atom. The van der Waals surface area contributed by atoms with Crippen LogP contribution in [0.5, 0.6) is 0 Å². The first kappa shape index (κ1) is 23.4. The Morgan fingerprint density at radius 2 is 1.81 bits per heavy atom. The number of carbonyl (C=O) groups is 1. The molecule has 1 saturated heterocycles. The van der Waals surface area contributed by atoms with Crippen molar-refractivity contribution in [3.63, 3.8) is 0 Å². The summed E-state index contributed by atoms with van der Waals surface area (Å²) in [5.74, 6) is -0.166. The van der Waals surface area contributed by atoms with E-state index in [9.17, 15) is 4.79 Å². The molecule has 7 nitrogen and oxygen atoms in total. The van der Waals surface area contributed by atoms with Crippen molar-refractivity contribution in [3.8, 4) is 21.7 Å². The number of pyridine rings is 2. The molecule has 6 rings (SSSR count). The second-order valence-corrected chi connectivity index (χ2v) is 10.0. The van der Waals surface area contributed by atoms with E-state index in [0.29, 0.717) is 5.56 Å². The van der Waals surface area contributed by atoms with Gasteiger partial charge in [0.05, 0.1) is 5.69 Å². The third kappa shape index (κ3) is 5.27. The summed E-state index contributed by atoms with van der Waals surface area (Å²) >= 11 is 1.54. The Balaban J connectivity index is 1.24. The zero-order valence-electron chi connectivity index (χ0n) is 20.2. The van der Waals surface area contributed by atoms with Crippen molar-refractivity contribution in [2.45, 2.75) is 6.54 Å². The van der Waals surface area contributed by atoms with Gasteiger partial charge >= 0.3 is 0 Å². The van der Waals surface area contributed by atoms with E-state index in [1.807, 2.05) is 66.9 Å². The summed E-state index contributed by atoms with van der Waals surface area (Å²) in [4.78, 5) is 30.2. The molecule has 37 heavy (non-hydrogen) atoms. The molecule has 0 radical (unpaired) electrons. The van der Waals surface area contributed by atoms with Gasteiger partial charge in [0.25, 0.3) is 5.91 Å². The van der Waals surface area contributed by atoms with Gasteiger partial charge < -0.3 is 10.6 Å². The van der Waals surface area contributed by atoms with Crippen LogP contribution in [0, 0.1) is 0 Å². The third-order valence-electron chi connectivity index (χ3n) is 6.46. The number of amides is 1. The molecule has 0 saturated carbocycles. The van der Waals surface area contributed by atoms with Gasteiger partial charge in [0.1, 0.15) is 15.4 Å². The lowest BCUT2D eigenvalue weighted by Crippen LogP contribution is -2.42. The molecule has 0 bridgehead atoms. The van der Waals surface area contributed by atoms with Crippen LogP contribution >= 0.6 is 11.3 Å². The van der Waals surface area contributed by atoms with Gasteiger partial charge in [0.15, 0.2) is 0 Å². The van der Waals surface area contributed by atoms with Gasteiger partial charge in [0, 0.05) is 62.4 Å². The first-order chi connectivity index (χ1) is 18.2. The number of hydrogen-bond donors (Lipinski definition) is 2. The van der Waals surface area contributed by atoms with Crippen molar-refractivity contribution in [2.24, 2.45) is 0 Å². The number of aromatic nitrogens is 3. The fraction of sp³-hybridized carbons (Fsp3) is 0.172. The molecule has 0 spiro atoms. The summed E-state index contributed by atoms with van der Waals surface area (Å²) in [6, 6.07) is 21.4. The average molecular weight is 507 g/mol. The number of carbonyl (C=O) groups excluding carboxylic acids is 1. The highest BCUT2D eigenvalue weighted by molar-refractivity contribution is 7.21. The SMILES string of the molecule is O=C(Nc1ccccc1-c1nc2cc(CN3CCNCC3)cnc2s1)c1cccc(-c2ccncc2)c1. The van der Waals surface area contributed by atoms with Gasteiger partial charge in [-0.05, 0) is 59.2 Å². The second kappa shape index (κ2) is 10.6. The molecule has 1 amide bonds. The molecule has 3 aromatic heterocycles. The van der Waals surface area contributed by atoms with Crippen LogP contribution in [0.4, 0.5) is 5.69 Å². The Bertz CT molecular complexity index is 1540. The van der Waals surface area contributed by atoms with Gasteiger partial charge in [-0.1, -0.05) is 35.6 Å². The number of nitrogens with zero attached hydrogens (tertiary/aromatic N) is 4. The van der Waals surface area contributed by atoms with Crippen LogP contribution < -0.4 is 10.6 Å². The van der Waals surface area contributed by atoms with Crippen molar-refractivity contribution in [3.05, 3.63) is 96.4 Å². The molecule has 0 unspecified atom stereocenters. The number of thiazole rings is 1. The summed E-state index contributed by atoms with van der Waals surface area (Å²) in [6.07, 6.45) is 5.45. The van der Waals surface area contributed by atoms with E-state index in [1.165, 1.54) is 16.9 Å². The number of hydrogen-bond acceptors (Lipinski definition) is 7. The molecule has 2 aromatic carbocycles. The van der Waals surface area contributed by atoms with E-state index in [1.54, 1.807) is 12.4 Å². The highest BCUT2D eigenvalue weighted by atomic mass is 32.1. The van der Waals surface area contributed by atoms with Crippen molar-refractivity contribution in [1.82, 2.24) is 25.2 Å². The first-order valence-corrected chi connectivity index (χ1v) is 13.1. The molecule has 0 atom stereocenters. The summed E-state index contributed by atoms with van der Waals surface area (Å²) in [5, 5.41) is 7.32. The van der Waals surface area contributed by atoms with Crippen molar-refractivity contribution in [1.29, 1.82) is 0 Å². The van der Waals surface area contributed by atoms with E-state index in [4.69, 9.17) is 9.97 Å². The lowest BCUT2D eigenvalue weighted by molar-refractivity contribution is 0.102. The second-order valence-electron chi connectivity index (χ2n) is 9.03. The molecule has 5 aromatic rings. The lowest BCUT2D eigenvalue weighted by atomic mass is 10.0. The standard InChI is InChI=1S/C29H26N6OS/c36-27(23-5-3-4-22(17-23)21-8-10-30-11-9-21)33-25-7-2-1-6-24(25)28-34-26-16-20(18-32-29(26)37-28)19-35-14-12-31-13-15-35/h1-11,16-18,31H,12-15,19H2,(H,33,36). The molecule has 184 valence electrons. The summed E-state index contributed by atoms with van der Waals surface area (Å²) < 4.78 is 0. The van der Waals surface area contributed by atoms with Crippen molar-refractivity contribution < 1.29 is 4.79 Å². The molecular formula is C29H26N6OS.